The fraction of sp³-hybridized carbons (Fsp3) is 0.174. The number of hydrogen-bond acceptors (Lipinski definition) is 2. The molecule has 0 radical (unpaired) electrons. The quantitative estimate of drug-likeness (QED) is 0.507. The Morgan fingerprint density at radius 1 is 0.931 bits per heavy atom. The summed E-state index contributed by atoms with van der Waals surface area (Å²) in [4.78, 5) is 0. The molecule has 1 atom stereocenters. The van der Waals surface area contributed by atoms with E-state index in [1.807, 2.05) is 30.3 Å². The van der Waals surface area contributed by atoms with Gasteiger partial charge in [0.1, 0.15) is 0 Å². The van der Waals surface area contributed by atoms with E-state index in [1.54, 1.807) is 41.9 Å². The fourth-order valence-electron chi connectivity index (χ4n) is 3.52. The second-order valence-corrected chi connectivity index (χ2v) is 7.13. The first-order valence-electron chi connectivity index (χ1n) is 9.17. The van der Waals surface area contributed by atoms with Gasteiger partial charge in [0.25, 0.3) is 0 Å². The van der Waals surface area contributed by atoms with E-state index < -0.39 is 18.2 Å². The van der Waals surface area contributed by atoms with Crippen molar-refractivity contribution in [2.75, 3.05) is 0 Å². The Morgan fingerprint density at radius 3 is 2.31 bits per heavy atom. The van der Waals surface area contributed by atoms with E-state index >= 15 is 0 Å². The Labute approximate surface area is 166 Å². The van der Waals surface area contributed by atoms with Gasteiger partial charge in [0, 0.05) is 11.8 Å². The van der Waals surface area contributed by atoms with Crippen LogP contribution in [0.2, 0.25) is 0 Å². The van der Waals surface area contributed by atoms with Crippen LogP contribution < -0.4 is 0 Å². The number of aromatic nitrogens is 2. The highest BCUT2D eigenvalue weighted by Crippen LogP contribution is 2.42. The molecular formula is C23H19F3N2O. The van der Waals surface area contributed by atoms with Gasteiger partial charge in [-0.05, 0) is 47.9 Å². The smallest absolute Gasteiger partial charge is 0.376 e. The van der Waals surface area contributed by atoms with Crippen molar-refractivity contribution in [2.24, 2.45) is 0 Å². The second kappa shape index (κ2) is 7.04. The van der Waals surface area contributed by atoms with Gasteiger partial charge in [-0.15, -0.1) is 0 Å². The Hall–Kier alpha value is -3.12. The largest absolute Gasteiger partial charge is 0.421 e. The summed E-state index contributed by atoms with van der Waals surface area (Å²) in [7, 11) is 0. The minimum Gasteiger partial charge on any atom is -0.376 e. The van der Waals surface area contributed by atoms with Crippen LogP contribution in [-0.4, -0.2) is 21.1 Å². The molecule has 3 nitrogen and oxygen atoms in total. The lowest BCUT2D eigenvalue weighted by atomic mass is 9.85. The topological polar surface area (TPSA) is 38.1 Å². The van der Waals surface area contributed by atoms with Gasteiger partial charge >= 0.3 is 6.18 Å². The third kappa shape index (κ3) is 3.40. The maximum absolute atomic E-state index is 14.0. The Kier molecular flexibility index (Phi) is 4.67. The molecule has 4 aromatic rings. The van der Waals surface area contributed by atoms with Gasteiger partial charge in [-0.25, -0.2) is 4.68 Å². The molecule has 0 fully saturated rings. The van der Waals surface area contributed by atoms with Crippen LogP contribution in [0.1, 0.15) is 16.7 Å². The van der Waals surface area contributed by atoms with Gasteiger partial charge in [0.05, 0.1) is 17.4 Å². The van der Waals surface area contributed by atoms with Crippen LogP contribution in [0, 0.1) is 6.92 Å². The first kappa shape index (κ1) is 19.2. The monoisotopic (exact) mass is 396 g/mol. The van der Waals surface area contributed by atoms with Crippen LogP contribution in [-0.2, 0) is 12.0 Å². The highest BCUT2D eigenvalue weighted by molar-refractivity contribution is 5.81. The average molecular weight is 396 g/mol. The van der Waals surface area contributed by atoms with Crippen molar-refractivity contribution in [2.45, 2.75) is 25.1 Å². The van der Waals surface area contributed by atoms with Crippen molar-refractivity contribution in [1.29, 1.82) is 0 Å². The maximum Gasteiger partial charge on any atom is 0.421 e. The number of halogens is 3. The number of benzene rings is 3. The summed E-state index contributed by atoms with van der Waals surface area (Å²) >= 11 is 0. The Bertz CT molecular complexity index is 1150. The standard InChI is InChI=1S/C23H19F3N2O/c1-16-7-5-6-8-17(16)14-22(29,23(24,25)26)19-11-12-21-18(13-19)15-27-28(21)20-9-3-2-4-10-20/h2-13,15,29H,14H2,1H3. The summed E-state index contributed by atoms with van der Waals surface area (Å²) in [5.74, 6) is 0. The molecule has 0 aliphatic carbocycles. The van der Waals surface area contributed by atoms with Crippen LogP contribution in [0.15, 0.2) is 79.0 Å². The SMILES string of the molecule is Cc1ccccc1CC(O)(c1ccc2c(cnn2-c2ccccc2)c1)C(F)(F)F. The van der Waals surface area contributed by atoms with E-state index in [9.17, 15) is 18.3 Å². The predicted molar refractivity (Wildman–Crippen MR) is 106 cm³/mol. The van der Waals surface area contributed by atoms with Crippen molar-refractivity contribution in [3.8, 4) is 5.69 Å². The summed E-state index contributed by atoms with van der Waals surface area (Å²) in [6, 6.07) is 20.4. The molecule has 3 aromatic carbocycles. The number of hydrogen-bond donors (Lipinski definition) is 1. The summed E-state index contributed by atoms with van der Waals surface area (Å²) in [6.45, 7) is 1.74. The van der Waals surface area contributed by atoms with E-state index in [-0.39, 0.29) is 5.56 Å². The van der Waals surface area contributed by atoms with Crippen LogP contribution in [0.25, 0.3) is 16.6 Å². The number of rotatable bonds is 4. The lowest BCUT2D eigenvalue weighted by Crippen LogP contribution is -2.44. The van der Waals surface area contributed by atoms with Crippen molar-refractivity contribution in [3.63, 3.8) is 0 Å². The number of nitrogens with zero attached hydrogens (tertiary/aromatic N) is 2. The molecule has 1 unspecified atom stereocenters. The third-order valence-electron chi connectivity index (χ3n) is 5.22. The molecule has 6 heteroatoms. The van der Waals surface area contributed by atoms with Crippen molar-refractivity contribution < 1.29 is 18.3 Å². The molecule has 0 aliphatic rings. The fourth-order valence-corrected chi connectivity index (χ4v) is 3.52. The maximum atomic E-state index is 14.0. The molecule has 1 heterocycles. The van der Waals surface area contributed by atoms with Crippen LogP contribution in [0.4, 0.5) is 13.2 Å². The van der Waals surface area contributed by atoms with Gasteiger partial charge in [0.15, 0.2) is 5.60 Å². The third-order valence-corrected chi connectivity index (χ3v) is 5.22. The van der Waals surface area contributed by atoms with Gasteiger partial charge in [0.2, 0.25) is 0 Å². The van der Waals surface area contributed by atoms with Crippen molar-refractivity contribution in [1.82, 2.24) is 9.78 Å². The molecule has 148 valence electrons. The molecule has 1 aromatic heterocycles. The molecule has 4 rings (SSSR count). The number of aryl methyl sites for hydroxylation is 1. The lowest BCUT2D eigenvalue weighted by molar-refractivity contribution is -0.266. The van der Waals surface area contributed by atoms with Crippen LogP contribution in [0.5, 0.6) is 0 Å². The highest BCUT2D eigenvalue weighted by atomic mass is 19.4. The highest BCUT2D eigenvalue weighted by Gasteiger charge is 2.55. The zero-order chi connectivity index (χ0) is 20.6. The Morgan fingerprint density at radius 2 is 1.62 bits per heavy atom. The van der Waals surface area contributed by atoms with E-state index in [0.29, 0.717) is 22.0 Å². The van der Waals surface area contributed by atoms with Gasteiger partial charge in [-0.3, -0.25) is 0 Å². The normalized spacial score (nSPS) is 14.1. The van der Waals surface area contributed by atoms with Gasteiger partial charge in [-0.2, -0.15) is 18.3 Å². The van der Waals surface area contributed by atoms with E-state index in [2.05, 4.69) is 5.10 Å². The minimum absolute atomic E-state index is 0.201. The second-order valence-electron chi connectivity index (χ2n) is 7.13. The number of para-hydroxylation sites is 1. The van der Waals surface area contributed by atoms with Crippen LogP contribution >= 0.6 is 0 Å². The summed E-state index contributed by atoms with van der Waals surface area (Å²) < 4.78 is 43.7. The average Bonchev–Trinajstić information content (AvgIpc) is 3.13. The zero-order valence-electron chi connectivity index (χ0n) is 15.7. The van der Waals surface area contributed by atoms with Gasteiger partial charge in [-0.1, -0.05) is 48.5 Å². The van der Waals surface area contributed by atoms with Crippen LogP contribution in [0.3, 0.4) is 0 Å². The molecule has 29 heavy (non-hydrogen) atoms. The molecule has 0 spiro atoms. The number of aliphatic hydroxyl groups is 1. The molecule has 0 amide bonds. The summed E-state index contributed by atoms with van der Waals surface area (Å²) in [5.41, 5.74) is -0.571. The predicted octanol–water partition coefficient (Wildman–Crippen LogP) is 5.33. The first-order valence-corrected chi connectivity index (χ1v) is 9.17. The first-order chi connectivity index (χ1) is 13.8. The molecular weight excluding hydrogens is 377 g/mol. The van der Waals surface area contributed by atoms with Crippen molar-refractivity contribution in [3.05, 3.63) is 95.7 Å². The Balaban J connectivity index is 1.80. The van der Waals surface area contributed by atoms with Crippen molar-refractivity contribution >= 4 is 10.9 Å². The lowest BCUT2D eigenvalue weighted by Gasteiger charge is -2.31. The zero-order valence-corrected chi connectivity index (χ0v) is 15.7. The molecule has 0 bridgehead atoms. The number of alkyl halides is 3. The van der Waals surface area contributed by atoms with E-state index in [0.717, 1.165) is 5.69 Å². The number of fused-ring (bicyclic) bond motifs is 1. The van der Waals surface area contributed by atoms with E-state index in [1.165, 1.54) is 18.3 Å². The van der Waals surface area contributed by atoms with Gasteiger partial charge < -0.3 is 5.11 Å². The molecule has 1 N–H and O–H groups in total. The summed E-state index contributed by atoms with van der Waals surface area (Å²) in [5, 5.41) is 15.7. The molecule has 0 saturated heterocycles. The van der Waals surface area contributed by atoms with E-state index in [4.69, 9.17) is 0 Å². The molecule has 0 aliphatic heterocycles. The summed E-state index contributed by atoms with van der Waals surface area (Å²) in [6.07, 6.45) is -3.88. The molecule has 0 saturated carbocycles. The minimum atomic E-state index is -4.83.